The Kier molecular flexibility index (Phi) is 4.68. The van der Waals surface area contributed by atoms with Crippen LogP contribution >= 0.6 is 11.3 Å². The minimum atomic E-state index is 0.175. The number of rotatable bonds is 7. The SMILES string of the molecule is CCOC(c1nc(-c2ccccc2)c(CCN)s1)C1CC1. The summed E-state index contributed by atoms with van der Waals surface area (Å²) in [6, 6.07) is 10.4. The summed E-state index contributed by atoms with van der Waals surface area (Å²) in [7, 11) is 0. The summed E-state index contributed by atoms with van der Waals surface area (Å²) in [5.74, 6) is 0.658. The van der Waals surface area contributed by atoms with E-state index < -0.39 is 0 Å². The lowest BCUT2D eigenvalue weighted by molar-refractivity contribution is 0.0462. The molecule has 112 valence electrons. The Hall–Kier alpha value is -1.23. The van der Waals surface area contributed by atoms with Crippen molar-refractivity contribution in [1.29, 1.82) is 0 Å². The van der Waals surface area contributed by atoms with Gasteiger partial charge in [0.1, 0.15) is 11.1 Å². The van der Waals surface area contributed by atoms with Crippen LogP contribution in [0.3, 0.4) is 0 Å². The fourth-order valence-corrected chi connectivity index (χ4v) is 3.85. The maximum absolute atomic E-state index is 5.95. The number of hydrogen-bond acceptors (Lipinski definition) is 4. The van der Waals surface area contributed by atoms with E-state index in [1.54, 1.807) is 11.3 Å². The molecule has 0 amide bonds. The Balaban J connectivity index is 1.95. The predicted octanol–water partition coefficient (Wildman–Crippen LogP) is 3.80. The summed E-state index contributed by atoms with van der Waals surface area (Å²) in [6.07, 6.45) is 3.58. The maximum atomic E-state index is 5.95. The van der Waals surface area contributed by atoms with Gasteiger partial charge in [0.25, 0.3) is 0 Å². The van der Waals surface area contributed by atoms with Crippen molar-refractivity contribution >= 4 is 11.3 Å². The van der Waals surface area contributed by atoms with Crippen LogP contribution in [-0.4, -0.2) is 18.1 Å². The molecule has 0 spiro atoms. The van der Waals surface area contributed by atoms with Crippen LogP contribution in [-0.2, 0) is 11.2 Å². The van der Waals surface area contributed by atoms with Crippen LogP contribution in [0.2, 0.25) is 0 Å². The van der Waals surface area contributed by atoms with E-state index in [0.29, 0.717) is 12.5 Å². The van der Waals surface area contributed by atoms with Gasteiger partial charge in [-0.2, -0.15) is 0 Å². The first kappa shape index (κ1) is 14.7. The molecule has 1 unspecified atom stereocenters. The highest BCUT2D eigenvalue weighted by Crippen LogP contribution is 2.45. The van der Waals surface area contributed by atoms with Crippen molar-refractivity contribution < 1.29 is 4.74 Å². The summed E-state index contributed by atoms with van der Waals surface area (Å²) in [5.41, 5.74) is 8.04. The van der Waals surface area contributed by atoms with E-state index in [0.717, 1.165) is 23.7 Å². The number of ether oxygens (including phenoxy) is 1. The number of thiazole rings is 1. The van der Waals surface area contributed by atoms with Crippen LogP contribution in [0.1, 0.15) is 35.8 Å². The molecule has 1 aromatic carbocycles. The monoisotopic (exact) mass is 302 g/mol. The second-order valence-corrected chi connectivity index (χ2v) is 6.56. The minimum absolute atomic E-state index is 0.175. The Bertz CT molecular complexity index is 578. The first-order valence-electron chi connectivity index (χ1n) is 7.70. The summed E-state index contributed by atoms with van der Waals surface area (Å²) < 4.78 is 5.95. The second kappa shape index (κ2) is 6.69. The van der Waals surface area contributed by atoms with Crippen LogP contribution in [0.15, 0.2) is 30.3 Å². The molecule has 21 heavy (non-hydrogen) atoms. The van der Waals surface area contributed by atoms with Gasteiger partial charge in [0.2, 0.25) is 0 Å². The van der Waals surface area contributed by atoms with E-state index >= 15 is 0 Å². The summed E-state index contributed by atoms with van der Waals surface area (Å²) in [4.78, 5) is 6.20. The van der Waals surface area contributed by atoms with E-state index in [4.69, 9.17) is 15.5 Å². The fraction of sp³-hybridized carbons (Fsp3) is 0.471. The third-order valence-corrected chi connectivity index (χ3v) is 4.95. The molecule has 1 aliphatic rings. The Morgan fingerprint density at radius 3 is 2.71 bits per heavy atom. The molecule has 0 radical (unpaired) electrons. The molecule has 1 saturated carbocycles. The van der Waals surface area contributed by atoms with Crippen LogP contribution < -0.4 is 5.73 Å². The molecule has 3 rings (SSSR count). The van der Waals surface area contributed by atoms with Crippen LogP contribution in [0.4, 0.5) is 0 Å². The zero-order valence-electron chi connectivity index (χ0n) is 12.4. The van der Waals surface area contributed by atoms with E-state index in [-0.39, 0.29) is 6.10 Å². The first-order chi connectivity index (χ1) is 10.3. The number of benzene rings is 1. The van der Waals surface area contributed by atoms with Crippen molar-refractivity contribution in [2.45, 2.75) is 32.3 Å². The third kappa shape index (κ3) is 3.34. The van der Waals surface area contributed by atoms with Crippen molar-refractivity contribution in [1.82, 2.24) is 4.98 Å². The lowest BCUT2D eigenvalue weighted by atomic mass is 10.1. The highest BCUT2D eigenvalue weighted by molar-refractivity contribution is 7.12. The summed E-state index contributed by atoms with van der Waals surface area (Å²) >= 11 is 1.78. The Labute approximate surface area is 130 Å². The normalized spacial score (nSPS) is 16.1. The van der Waals surface area contributed by atoms with E-state index in [2.05, 4.69) is 31.2 Å². The van der Waals surface area contributed by atoms with Gasteiger partial charge in [-0.1, -0.05) is 30.3 Å². The zero-order valence-corrected chi connectivity index (χ0v) is 13.2. The first-order valence-corrected chi connectivity index (χ1v) is 8.51. The van der Waals surface area contributed by atoms with Gasteiger partial charge in [-0.3, -0.25) is 0 Å². The van der Waals surface area contributed by atoms with Gasteiger partial charge < -0.3 is 10.5 Å². The smallest absolute Gasteiger partial charge is 0.123 e. The molecule has 1 aromatic heterocycles. The molecular weight excluding hydrogens is 280 g/mol. The van der Waals surface area contributed by atoms with E-state index in [1.165, 1.54) is 23.3 Å². The molecule has 3 nitrogen and oxygen atoms in total. The molecule has 4 heteroatoms. The zero-order chi connectivity index (χ0) is 14.7. The van der Waals surface area contributed by atoms with Crippen molar-refractivity contribution in [2.75, 3.05) is 13.2 Å². The minimum Gasteiger partial charge on any atom is -0.371 e. The highest BCUT2D eigenvalue weighted by atomic mass is 32.1. The number of nitrogens with zero attached hydrogens (tertiary/aromatic N) is 1. The van der Waals surface area contributed by atoms with Gasteiger partial charge in [-0.15, -0.1) is 11.3 Å². The maximum Gasteiger partial charge on any atom is 0.123 e. The van der Waals surface area contributed by atoms with Crippen LogP contribution in [0.25, 0.3) is 11.3 Å². The molecule has 0 bridgehead atoms. The van der Waals surface area contributed by atoms with Gasteiger partial charge >= 0.3 is 0 Å². The number of hydrogen-bond donors (Lipinski definition) is 1. The van der Waals surface area contributed by atoms with Crippen LogP contribution in [0, 0.1) is 5.92 Å². The van der Waals surface area contributed by atoms with Crippen molar-refractivity contribution in [2.24, 2.45) is 11.7 Å². The average molecular weight is 302 g/mol. The quantitative estimate of drug-likeness (QED) is 0.846. The molecule has 1 fully saturated rings. The summed E-state index contributed by atoms with van der Waals surface area (Å²) in [6.45, 7) is 3.46. The number of aromatic nitrogens is 1. The molecule has 1 heterocycles. The molecule has 2 N–H and O–H groups in total. The number of nitrogens with two attached hydrogens (primary N) is 1. The lowest BCUT2D eigenvalue weighted by Gasteiger charge is -2.12. The van der Waals surface area contributed by atoms with Gasteiger partial charge in [0, 0.05) is 17.0 Å². The lowest BCUT2D eigenvalue weighted by Crippen LogP contribution is -2.06. The van der Waals surface area contributed by atoms with Gasteiger partial charge in [-0.25, -0.2) is 4.98 Å². The molecule has 1 aliphatic carbocycles. The van der Waals surface area contributed by atoms with E-state index in [9.17, 15) is 0 Å². The fourth-order valence-electron chi connectivity index (χ4n) is 2.60. The standard InChI is InChI=1S/C17H22N2OS/c1-2-20-16(13-8-9-13)17-19-15(14(21-17)10-11-18)12-6-4-3-5-7-12/h3-7,13,16H,2,8-11,18H2,1H3. The van der Waals surface area contributed by atoms with Gasteiger partial charge in [0.15, 0.2) is 0 Å². The highest BCUT2D eigenvalue weighted by Gasteiger charge is 2.35. The molecule has 2 aromatic rings. The average Bonchev–Trinajstić information content (AvgIpc) is 3.27. The van der Waals surface area contributed by atoms with Crippen molar-refractivity contribution in [3.05, 3.63) is 40.2 Å². The summed E-state index contributed by atoms with van der Waals surface area (Å²) in [5, 5.41) is 1.13. The molecular formula is C17H22N2OS. The van der Waals surface area contributed by atoms with Crippen LogP contribution in [0.5, 0.6) is 0 Å². The molecule has 0 aliphatic heterocycles. The van der Waals surface area contributed by atoms with Crippen molar-refractivity contribution in [3.8, 4) is 11.3 Å². The molecule has 0 saturated heterocycles. The van der Waals surface area contributed by atoms with Gasteiger partial charge in [0.05, 0.1) is 5.69 Å². The molecule has 1 atom stereocenters. The third-order valence-electron chi connectivity index (χ3n) is 3.77. The van der Waals surface area contributed by atoms with Crippen molar-refractivity contribution in [3.63, 3.8) is 0 Å². The van der Waals surface area contributed by atoms with Gasteiger partial charge in [-0.05, 0) is 38.6 Å². The Morgan fingerprint density at radius 1 is 1.33 bits per heavy atom. The van der Waals surface area contributed by atoms with E-state index in [1.807, 2.05) is 6.07 Å². The second-order valence-electron chi connectivity index (χ2n) is 5.44. The topological polar surface area (TPSA) is 48.1 Å². The Morgan fingerprint density at radius 2 is 2.10 bits per heavy atom. The largest absolute Gasteiger partial charge is 0.371 e. The predicted molar refractivity (Wildman–Crippen MR) is 87.4 cm³/mol.